The molecule has 0 amide bonds. The van der Waals surface area contributed by atoms with Gasteiger partial charge in [-0.05, 0) is 0 Å². The average Bonchev–Trinajstić information content (AvgIpc) is 2.42. The first-order valence-corrected chi connectivity index (χ1v) is 5.95. The third-order valence-electron chi connectivity index (χ3n) is 2.79. The molecule has 2 aromatic carbocycles. The van der Waals surface area contributed by atoms with Crippen LogP contribution in [0, 0.1) is 6.92 Å². The Morgan fingerprint density at radius 3 is 2.00 bits per heavy atom. The Bertz CT molecular complexity index is 427. The maximum atomic E-state index is 4.72. The predicted octanol–water partition coefficient (Wildman–Crippen LogP) is 4.52. The van der Waals surface area contributed by atoms with Gasteiger partial charge in [-0.2, -0.15) is 6.42 Å². The minimum Gasteiger partial charge on any atom is -0.654 e. The molecule has 0 fully saturated rings. The summed E-state index contributed by atoms with van der Waals surface area (Å²) in [4.78, 5) is 0. The Labute approximate surface area is 129 Å². The van der Waals surface area contributed by atoms with Gasteiger partial charge in [0.15, 0.2) is 0 Å². The molecular formula is C16H17NZr. The molecule has 0 aromatic heterocycles. The molecule has 2 aromatic rings. The average molecular weight is 315 g/mol. The Kier molecular flexibility index (Phi) is 7.16. The molecule has 0 saturated carbocycles. The summed E-state index contributed by atoms with van der Waals surface area (Å²) in [6, 6.07) is 20.9. The molecule has 1 atom stereocenters. The van der Waals surface area contributed by atoms with Crippen molar-refractivity contribution < 1.29 is 26.2 Å². The molecule has 2 rings (SSSR count). The number of nitrogens with zero attached hydrogens (tertiary/aromatic N) is 1. The molecule has 0 saturated heterocycles. The molecular weight excluding hydrogens is 297 g/mol. The molecule has 0 aliphatic carbocycles. The summed E-state index contributed by atoms with van der Waals surface area (Å²) < 4.78 is 0. The van der Waals surface area contributed by atoms with Gasteiger partial charge in [0.25, 0.3) is 0 Å². The summed E-state index contributed by atoms with van der Waals surface area (Å²) >= 11 is 0. The van der Waals surface area contributed by atoms with Crippen LogP contribution in [0.2, 0.25) is 0 Å². The quantitative estimate of drug-likeness (QED) is 0.720. The van der Waals surface area contributed by atoms with Gasteiger partial charge in [-0.15, -0.1) is 12.6 Å². The van der Waals surface area contributed by atoms with E-state index in [4.69, 9.17) is 5.32 Å². The SMILES string of the molecule is [CH2-]CC([N-]Cc1ccccc1)c1ccccc1.[Zr+2]. The molecule has 90 valence electrons. The van der Waals surface area contributed by atoms with Gasteiger partial charge in [0.05, 0.1) is 0 Å². The molecule has 0 aliphatic rings. The van der Waals surface area contributed by atoms with Crippen LogP contribution in [0.3, 0.4) is 0 Å². The molecule has 0 spiro atoms. The van der Waals surface area contributed by atoms with Crippen molar-refractivity contribution in [3.8, 4) is 0 Å². The van der Waals surface area contributed by atoms with Gasteiger partial charge >= 0.3 is 26.2 Å². The Hall–Kier alpha value is -0.717. The van der Waals surface area contributed by atoms with Gasteiger partial charge < -0.3 is 12.2 Å². The predicted molar refractivity (Wildman–Crippen MR) is 72.7 cm³/mol. The molecule has 0 radical (unpaired) electrons. The van der Waals surface area contributed by atoms with Crippen LogP contribution in [0.15, 0.2) is 60.7 Å². The van der Waals surface area contributed by atoms with Gasteiger partial charge in [-0.25, -0.2) is 0 Å². The molecule has 1 nitrogen and oxygen atoms in total. The first-order valence-electron chi connectivity index (χ1n) is 5.95. The van der Waals surface area contributed by atoms with E-state index in [-0.39, 0.29) is 32.2 Å². The van der Waals surface area contributed by atoms with Gasteiger partial charge in [-0.1, -0.05) is 71.8 Å². The largest absolute Gasteiger partial charge is 2.00 e. The number of rotatable bonds is 5. The molecule has 0 heterocycles. The number of benzene rings is 2. The fraction of sp³-hybridized carbons (Fsp3) is 0.188. The standard InChI is InChI=1S/C16H17N.Zr/c1-2-16(15-11-7-4-8-12-15)17-13-14-9-5-3-6-10-14;/h3-12,16H,1-2,13H2;/q-2;+2. The number of hydrogen-bond acceptors (Lipinski definition) is 0. The van der Waals surface area contributed by atoms with Crippen LogP contribution in [-0.4, -0.2) is 0 Å². The van der Waals surface area contributed by atoms with E-state index in [1.54, 1.807) is 0 Å². The summed E-state index contributed by atoms with van der Waals surface area (Å²) in [6.45, 7) is 4.74. The van der Waals surface area contributed by atoms with Crippen LogP contribution >= 0.6 is 0 Å². The van der Waals surface area contributed by atoms with E-state index in [9.17, 15) is 0 Å². The third kappa shape index (κ3) is 4.51. The molecule has 0 N–H and O–H groups in total. The van der Waals surface area contributed by atoms with Crippen molar-refractivity contribution in [3.63, 3.8) is 0 Å². The Morgan fingerprint density at radius 1 is 0.889 bits per heavy atom. The summed E-state index contributed by atoms with van der Waals surface area (Å²) in [5.41, 5.74) is 2.50. The molecule has 0 bridgehead atoms. The second-order valence-electron chi connectivity index (χ2n) is 4.04. The van der Waals surface area contributed by atoms with Crippen molar-refractivity contribution in [1.29, 1.82) is 0 Å². The van der Waals surface area contributed by atoms with Crippen molar-refractivity contribution in [1.82, 2.24) is 0 Å². The van der Waals surface area contributed by atoms with E-state index in [1.807, 2.05) is 24.3 Å². The van der Waals surface area contributed by atoms with Crippen molar-refractivity contribution in [2.24, 2.45) is 0 Å². The van der Waals surface area contributed by atoms with E-state index >= 15 is 0 Å². The summed E-state index contributed by atoms with van der Waals surface area (Å²) in [6.07, 6.45) is 0.802. The van der Waals surface area contributed by atoms with Gasteiger partial charge in [0.2, 0.25) is 0 Å². The molecule has 18 heavy (non-hydrogen) atoms. The van der Waals surface area contributed by atoms with E-state index < -0.39 is 0 Å². The van der Waals surface area contributed by atoms with E-state index in [2.05, 4.69) is 43.3 Å². The third-order valence-corrected chi connectivity index (χ3v) is 2.79. The maximum Gasteiger partial charge on any atom is 2.00 e. The topological polar surface area (TPSA) is 14.1 Å². The Morgan fingerprint density at radius 2 is 1.44 bits per heavy atom. The maximum absolute atomic E-state index is 4.72. The Balaban J connectivity index is 0.00000162. The van der Waals surface area contributed by atoms with Crippen LogP contribution in [0.25, 0.3) is 5.32 Å². The monoisotopic (exact) mass is 313 g/mol. The molecule has 0 aliphatic heterocycles. The zero-order valence-corrected chi connectivity index (χ0v) is 12.9. The minimum absolute atomic E-state index is 0. The normalized spacial score (nSPS) is 11.6. The smallest absolute Gasteiger partial charge is 0.654 e. The second-order valence-corrected chi connectivity index (χ2v) is 4.04. The zero-order valence-electron chi connectivity index (χ0n) is 10.4. The second kappa shape index (κ2) is 8.40. The summed E-state index contributed by atoms with van der Waals surface area (Å²) in [7, 11) is 0. The van der Waals surface area contributed by atoms with Crippen molar-refractivity contribution >= 4 is 0 Å². The first-order chi connectivity index (χ1) is 8.40. The summed E-state index contributed by atoms with van der Waals surface area (Å²) in [5.74, 6) is 0. The van der Waals surface area contributed by atoms with Crippen LogP contribution < -0.4 is 0 Å². The fourth-order valence-electron chi connectivity index (χ4n) is 1.84. The van der Waals surface area contributed by atoms with Crippen molar-refractivity contribution in [3.05, 3.63) is 84.0 Å². The van der Waals surface area contributed by atoms with Gasteiger partial charge in [0, 0.05) is 0 Å². The summed E-state index contributed by atoms with van der Waals surface area (Å²) in [5, 5.41) is 4.72. The molecule has 2 heteroatoms. The molecule has 1 unspecified atom stereocenters. The zero-order chi connectivity index (χ0) is 11.9. The van der Waals surface area contributed by atoms with Gasteiger partial charge in [0.1, 0.15) is 0 Å². The van der Waals surface area contributed by atoms with Crippen LogP contribution in [0.5, 0.6) is 0 Å². The van der Waals surface area contributed by atoms with E-state index in [1.165, 1.54) is 11.1 Å². The van der Waals surface area contributed by atoms with E-state index in [0.29, 0.717) is 0 Å². The number of hydrogen-bond donors (Lipinski definition) is 0. The van der Waals surface area contributed by atoms with Crippen LogP contribution in [0.1, 0.15) is 23.6 Å². The van der Waals surface area contributed by atoms with Gasteiger partial charge in [-0.3, -0.25) is 0 Å². The van der Waals surface area contributed by atoms with E-state index in [0.717, 1.165) is 13.0 Å². The first kappa shape index (κ1) is 15.3. The van der Waals surface area contributed by atoms with Crippen molar-refractivity contribution in [2.45, 2.75) is 19.0 Å². The van der Waals surface area contributed by atoms with Crippen LogP contribution in [-0.2, 0) is 32.7 Å². The van der Waals surface area contributed by atoms with Crippen LogP contribution in [0.4, 0.5) is 0 Å². The van der Waals surface area contributed by atoms with Crippen molar-refractivity contribution in [2.75, 3.05) is 0 Å². The minimum atomic E-state index is 0. The fourth-order valence-corrected chi connectivity index (χ4v) is 1.84.